The Morgan fingerprint density at radius 2 is 2.07 bits per heavy atom. The van der Waals surface area contributed by atoms with E-state index in [9.17, 15) is 9.59 Å². The Morgan fingerprint density at radius 3 is 2.75 bits per heavy atom. The van der Waals surface area contributed by atoms with Gasteiger partial charge in [-0.2, -0.15) is 0 Å². The van der Waals surface area contributed by atoms with Crippen molar-refractivity contribution in [2.75, 3.05) is 26.2 Å². The second-order valence-corrected chi connectivity index (χ2v) is 10.2. The van der Waals surface area contributed by atoms with Crippen LogP contribution in [0.5, 0.6) is 0 Å². The van der Waals surface area contributed by atoms with E-state index in [-0.39, 0.29) is 30.1 Å². The Kier molecular flexibility index (Phi) is 7.94. The lowest BCUT2D eigenvalue weighted by Crippen LogP contribution is -2.46. The van der Waals surface area contributed by atoms with Crippen molar-refractivity contribution in [2.24, 2.45) is 23.0 Å². The van der Waals surface area contributed by atoms with Crippen LogP contribution >= 0.6 is 23.7 Å². The number of piperidine rings is 1. The predicted molar refractivity (Wildman–Crippen MR) is 117 cm³/mol. The number of fused-ring (bicyclic) bond motifs is 1. The molecule has 1 saturated heterocycles. The Morgan fingerprint density at radius 1 is 1.32 bits per heavy atom. The van der Waals surface area contributed by atoms with Crippen LogP contribution in [0.3, 0.4) is 0 Å². The lowest BCUT2D eigenvalue weighted by Gasteiger charge is -2.33. The number of carbonyl (C=O) groups excluding carboxylic acids is 2. The second kappa shape index (κ2) is 9.59. The van der Waals surface area contributed by atoms with Crippen LogP contribution in [0.25, 0.3) is 0 Å². The molecule has 3 rings (SSSR count). The van der Waals surface area contributed by atoms with Crippen LogP contribution in [-0.2, 0) is 17.6 Å². The molecule has 2 aliphatic rings. The largest absolute Gasteiger partial charge is 0.355 e. The lowest BCUT2D eigenvalue weighted by atomic mass is 9.72. The molecule has 0 aromatic carbocycles. The summed E-state index contributed by atoms with van der Waals surface area (Å²) in [5, 5.41) is 2.86. The van der Waals surface area contributed by atoms with E-state index in [4.69, 9.17) is 5.73 Å². The molecule has 2 amide bonds. The van der Waals surface area contributed by atoms with Gasteiger partial charge in [-0.05, 0) is 55.1 Å². The first kappa shape index (κ1) is 23.2. The number of thiophene rings is 1. The highest BCUT2D eigenvalue weighted by Crippen LogP contribution is 2.40. The number of hydrogen-bond acceptors (Lipinski definition) is 4. The number of rotatable bonds is 4. The molecular formula is C21H34ClN3O2S. The number of nitrogens with one attached hydrogen (secondary N) is 1. The van der Waals surface area contributed by atoms with Crippen molar-refractivity contribution in [1.29, 1.82) is 0 Å². The van der Waals surface area contributed by atoms with Crippen molar-refractivity contribution in [2.45, 2.75) is 52.9 Å². The summed E-state index contributed by atoms with van der Waals surface area (Å²) in [6.07, 6.45) is 5.09. The Balaban J connectivity index is 0.00000280. The molecule has 2 unspecified atom stereocenters. The zero-order valence-corrected chi connectivity index (χ0v) is 18.9. The van der Waals surface area contributed by atoms with Gasteiger partial charge in [0.05, 0.1) is 10.8 Å². The molecule has 0 spiro atoms. The summed E-state index contributed by atoms with van der Waals surface area (Å²) in [7, 11) is 0. The van der Waals surface area contributed by atoms with Gasteiger partial charge in [0.2, 0.25) is 5.91 Å². The SMILES string of the molecule is CC(C)(C)C1CCc2sc(C(=O)N3CCCC(C(=O)NCCN)C3)cc2C1.Cl. The van der Waals surface area contributed by atoms with Crippen molar-refractivity contribution >= 4 is 35.6 Å². The molecule has 1 aromatic heterocycles. The molecule has 28 heavy (non-hydrogen) atoms. The van der Waals surface area contributed by atoms with Gasteiger partial charge in [-0.3, -0.25) is 9.59 Å². The molecule has 3 N–H and O–H groups in total. The summed E-state index contributed by atoms with van der Waals surface area (Å²) >= 11 is 1.66. The quantitative estimate of drug-likeness (QED) is 0.774. The fraction of sp³-hybridized carbons (Fsp3) is 0.714. The molecule has 0 saturated carbocycles. The molecule has 5 nitrogen and oxygen atoms in total. The predicted octanol–water partition coefficient (Wildman–Crippen LogP) is 3.25. The second-order valence-electron chi connectivity index (χ2n) is 9.03. The van der Waals surface area contributed by atoms with E-state index in [1.54, 1.807) is 11.3 Å². The van der Waals surface area contributed by atoms with Crippen LogP contribution in [0.2, 0.25) is 0 Å². The van der Waals surface area contributed by atoms with Crippen LogP contribution < -0.4 is 11.1 Å². The molecule has 7 heteroatoms. The smallest absolute Gasteiger partial charge is 0.263 e. The van der Waals surface area contributed by atoms with Crippen LogP contribution in [0, 0.1) is 17.3 Å². The van der Waals surface area contributed by atoms with Gasteiger partial charge in [-0.25, -0.2) is 0 Å². The Labute approximate surface area is 178 Å². The first-order valence-corrected chi connectivity index (χ1v) is 11.0. The fourth-order valence-corrected chi connectivity index (χ4v) is 5.42. The van der Waals surface area contributed by atoms with Gasteiger partial charge in [0, 0.05) is 31.1 Å². The summed E-state index contributed by atoms with van der Waals surface area (Å²) in [6.45, 7) is 9.13. The molecular weight excluding hydrogens is 394 g/mol. The van der Waals surface area contributed by atoms with E-state index in [0.29, 0.717) is 31.0 Å². The van der Waals surface area contributed by atoms with Crippen molar-refractivity contribution in [3.8, 4) is 0 Å². The number of carbonyl (C=O) groups is 2. The van der Waals surface area contributed by atoms with E-state index in [1.165, 1.54) is 16.9 Å². The number of aryl methyl sites for hydroxylation is 1. The van der Waals surface area contributed by atoms with Gasteiger partial charge in [0.1, 0.15) is 0 Å². The summed E-state index contributed by atoms with van der Waals surface area (Å²) in [6, 6.07) is 2.12. The van der Waals surface area contributed by atoms with Gasteiger partial charge >= 0.3 is 0 Å². The maximum Gasteiger partial charge on any atom is 0.263 e. The third kappa shape index (κ3) is 5.28. The van der Waals surface area contributed by atoms with Crippen LogP contribution in [-0.4, -0.2) is 42.9 Å². The molecule has 0 bridgehead atoms. The molecule has 1 fully saturated rings. The highest BCUT2D eigenvalue weighted by Gasteiger charge is 2.33. The van der Waals surface area contributed by atoms with E-state index in [2.05, 4.69) is 32.2 Å². The number of nitrogens with zero attached hydrogens (tertiary/aromatic N) is 1. The maximum atomic E-state index is 13.1. The molecule has 158 valence electrons. The lowest BCUT2D eigenvalue weighted by molar-refractivity contribution is -0.126. The minimum atomic E-state index is -0.117. The van der Waals surface area contributed by atoms with Gasteiger partial charge in [-0.1, -0.05) is 20.8 Å². The van der Waals surface area contributed by atoms with E-state index in [0.717, 1.165) is 37.1 Å². The maximum absolute atomic E-state index is 13.1. The number of halogens is 1. The Bertz CT molecular complexity index is 698. The number of hydrogen-bond donors (Lipinski definition) is 2. The third-order valence-electron chi connectivity index (χ3n) is 6.04. The molecule has 2 atom stereocenters. The highest BCUT2D eigenvalue weighted by atomic mass is 35.5. The van der Waals surface area contributed by atoms with Crippen molar-refractivity contribution < 1.29 is 9.59 Å². The van der Waals surface area contributed by atoms with E-state index >= 15 is 0 Å². The normalized spacial score (nSPS) is 22.2. The summed E-state index contributed by atoms with van der Waals surface area (Å²) in [4.78, 5) is 29.4. The first-order chi connectivity index (χ1) is 12.8. The average molecular weight is 428 g/mol. The number of nitrogens with two attached hydrogens (primary N) is 1. The zero-order chi connectivity index (χ0) is 19.6. The van der Waals surface area contributed by atoms with E-state index in [1.807, 2.05) is 4.90 Å². The van der Waals surface area contributed by atoms with Crippen molar-refractivity contribution in [3.05, 3.63) is 21.4 Å². The van der Waals surface area contributed by atoms with Crippen LogP contribution in [0.4, 0.5) is 0 Å². The molecule has 2 heterocycles. The zero-order valence-electron chi connectivity index (χ0n) is 17.3. The summed E-state index contributed by atoms with van der Waals surface area (Å²) in [5.74, 6) is 0.678. The van der Waals surface area contributed by atoms with E-state index < -0.39 is 0 Å². The van der Waals surface area contributed by atoms with Crippen LogP contribution in [0.15, 0.2) is 6.07 Å². The van der Waals surface area contributed by atoms with Gasteiger partial charge in [0.25, 0.3) is 5.91 Å². The van der Waals surface area contributed by atoms with Crippen LogP contribution in [0.1, 0.15) is 60.1 Å². The highest BCUT2D eigenvalue weighted by molar-refractivity contribution is 7.14. The third-order valence-corrected chi connectivity index (χ3v) is 7.27. The number of amides is 2. The molecule has 1 aromatic rings. The average Bonchev–Trinajstić information content (AvgIpc) is 3.08. The Hall–Kier alpha value is -1.11. The van der Waals surface area contributed by atoms with Gasteiger partial charge in [-0.15, -0.1) is 23.7 Å². The fourth-order valence-electron chi connectivity index (χ4n) is 4.24. The minimum Gasteiger partial charge on any atom is -0.355 e. The van der Waals surface area contributed by atoms with Crippen molar-refractivity contribution in [1.82, 2.24) is 10.2 Å². The first-order valence-electron chi connectivity index (χ1n) is 10.2. The van der Waals surface area contributed by atoms with Gasteiger partial charge in [0.15, 0.2) is 0 Å². The summed E-state index contributed by atoms with van der Waals surface area (Å²) < 4.78 is 0. The molecule has 1 aliphatic carbocycles. The standard InChI is InChI=1S/C21H33N3O2S.ClH/c1-21(2,3)16-6-7-17-15(11-16)12-18(27-17)20(26)24-10-4-5-14(13-24)19(25)23-9-8-22;/h12,14,16H,4-11,13,22H2,1-3H3,(H,23,25);1H. The van der Waals surface area contributed by atoms with Gasteiger partial charge < -0.3 is 16.0 Å². The van der Waals surface area contributed by atoms with Crippen molar-refractivity contribution in [3.63, 3.8) is 0 Å². The number of likely N-dealkylation sites (tertiary alicyclic amines) is 1. The topological polar surface area (TPSA) is 75.4 Å². The minimum absolute atomic E-state index is 0. The summed E-state index contributed by atoms with van der Waals surface area (Å²) in [5.41, 5.74) is 7.14. The molecule has 0 radical (unpaired) electrons. The monoisotopic (exact) mass is 427 g/mol. The molecule has 1 aliphatic heterocycles.